The van der Waals surface area contributed by atoms with Gasteiger partial charge in [-0.2, -0.15) is 4.80 Å². The number of aryl methyl sites for hydroxylation is 1. The molecule has 0 atom stereocenters. The van der Waals surface area contributed by atoms with Crippen molar-refractivity contribution in [2.75, 3.05) is 12.4 Å². The molecule has 3 aromatic carbocycles. The van der Waals surface area contributed by atoms with Gasteiger partial charge in [-0.3, -0.25) is 4.79 Å². The van der Waals surface area contributed by atoms with E-state index in [4.69, 9.17) is 4.74 Å². The summed E-state index contributed by atoms with van der Waals surface area (Å²) < 4.78 is 5.17. The molecule has 0 aliphatic rings. The van der Waals surface area contributed by atoms with Gasteiger partial charge >= 0.3 is 0 Å². The first kappa shape index (κ1) is 17.7. The predicted molar refractivity (Wildman–Crippen MR) is 109 cm³/mol. The van der Waals surface area contributed by atoms with E-state index < -0.39 is 0 Å². The highest BCUT2D eigenvalue weighted by molar-refractivity contribution is 5.94. The lowest BCUT2D eigenvalue weighted by Crippen LogP contribution is -2.14. The Morgan fingerprint density at radius 1 is 0.964 bits per heavy atom. The van der Waals surface area contributed by atoms with Gasteiger partial charge < -0.3 is 10.1 Å². The van der Waals surface area contributed by atoms with Gasteiger partial charge in [0.15, 0.2) is 0 Å². The Hall–Kier alpha value is -3.67. The summed E-state index contributed by atoms with van der Waals surface area (Å²) in [6, 6.07) is 21.0. The third kappa shape index (κ3) is 3.86. The summed E-state index contributed by atoms with van der Waals surface area (Å²) in [6.45, 7) is 2.03. The molecule has 1 heterocycles. The number of carbonyl (C=O) groups is 1. The van der Waals surface area contributed by atoms with Crippen molar-refractivity contribution in [3.63, 3.8) is 0 Å². The average molecular weight is 372 g/mol. The highest BCUT2D eigenvalue weighted by atomic mass is 16.5. The minimum absolute atomic E-state index is 0.0641. The number of hydrogen-bond acceptors (Lipinski definition) is 4. The molecule has 0 bridgehead atoms. The maximum atomic E-state index is 12.3. The number of hydrogen-bond donors (Lipinski definition) is 1. The fourth-order valence-electron chi connectivity index (χ4n) is 2.92. The molecule has 0 aliphatic heterocycles. The molecule has 0 aliphatic carbocycles. The SMILES string of the molecule is COc1ccc(-n2nc3ccc(NC(=O)Cc4ccc(C)cc4)cc3n2)cc1. The molecule has 1 aromatic heterocycles. The van der Waals surface area contributed by atoms with Gasteiger partial charge in [0.1, 0.15) is 16.8 Å². The second-order valence-electron chi connectivity index (χ2n) is 6.60. The Morgan fingerprint density at radius 3 is 2.39 bits per heavy atom. The van der Waals surface area contributed by atoms with Crippen LogP contribution in [-0.2, 0) is 11.2 Å². The molecule has 140 valence electrons. The topological polar surface area (TPSA) is 69.0 Å². The van der Waals surface area contributed by atoms with Gasteiger partial charge in [-0.05, 0) is 55.0 Å². The van der Waals surface area contributed by atoms with E-state index in [2.05, 4.69) is 15.5 Å². The molecular weight excluding hydrogens is 352 g/mol. The Balaban J connectivity index is 1.50. The Labute approximate surface area is 162 Å². The second kappa shape index (κ2) is 7.52. The first-order valence-corrected chi connectivity index (χ1v) is 8.98. The monoisotopic (exact) mass is 372 g/mol. The molecule has 6 nitrogen and oxygen atoms in total. The summed E-state index contributed by atoms with van der Waals surface area (Å²) in [5.74, 6) is 0.713. The lowest BCUT2D eigenvalue weighted by Gasteiger charge is -2.05. The summed E-state index contributed by atoms with van der Waals surface area (Å²) in [6.07, 6.45) is 0.330. The van der Waals surface area contributed by atoms with Crippen molar-refractivity contribution in [1.29, 1.82) is 0 Å². The van der Waals surface area contributed by atoms with E-state index in [1.165, 1.54) is 5.56 Å². The quantitative estimate of drug-likeness (QED) is 0.576. The minimum atomic E-state index is -0.0641. The van der Waals surface area contributed by atoms with Crippen LogP contribution >= 0.6 is 0 Å². The van der Waals surface area contributed by atoms with E-state index in [1.54, 1.807) is 11.9 Å². The molecule has 0 spiro atoms. The number of rotatable bonds is 5. The highest BCUT2D eigenvalue weighted by Gasteiger charge is 2.08. The fourth-order valence-corrected chi connectivity index (χ4v) is 2.92. The smallest absolute Gasteiger partial charge is 0.228 e. The summed E-state index contributed by atoms with van der Waals surface area (Å²) in [7, 11) is 1.63. The standard InChI is InChI=1S/C22H20N4O2/c1-15-3-5-16(6-4-15)13-22(27)23-17-7-12-20-21(14-17)25-26(24-20)18-8-10-19(28-2)11-9-18/h3-12,14H,13H2,1-2H3,(H,23,27). The lowest BCUT2D eigenvalue weighted by atomic mass is 10.1. The molecule has 0 fully saturated rings. The van der Waals surface area contributed by atoms with Gasteiger partial charge in [0, 0.05) is 5.69 Å². The predicted octanol–water partition coefficient (Wildman–Crippen LogP) is 3.92. The number of anilines is 1. The van der Waals surface area contributed by atoms with Crippen LogP contribution in [0.15, 0.2) is 66.7 Å². The number of aromatic nitrogens is 3. The maximum absolute atomic E-state index is 12.3. The van der Waals surface area contributed by atoms with Gasteiger partial charge in [0.05, 0.1) is 19.2 Å². The van der Waals surface area contributed by atoms with Crippen LogP contribution in [0.1, 0.15) is 11.1 Å². The number of nitrogens with zero attached hydrogens (tertiary/aromatic N) is 3. The first-order valence-electron chi connectivity index (χ1n) is 8.98. The zero-order valence-electron chi connectivity index (χ0n) is 15.7. The van der Waals surface area contributed by atoms with E-state index in [0.717, 1.165) is 22.5 Å². The van der Waals surface area contributed by atoms with Crippen molar-refractivity contribution in [3.8, 4) is 11.4 Å². The van der Waals surface area contributed by atoms with Crippen LogP contribution in [0.3, 0.4) is 0 Å². The van der Waals surface area contributed by atoms with Crippen molar-refractivity contribution in [1.82, 2.24) is 15.0 Å². The molecular formula is C22H20N4O2. The average Bonchev–Trinajstić information content (AvgIpc) is 3.13. The van der Waals surface area contributed by atoms with E-state index >= 15 is 0 Å². The number of ether oxygens (including phenoxy) is 1. The van der Waals surface area contributed by atoms with Crippen molar-refractivity contribution in [2.24, 2.45) is 0 Å². The third-order valence-corrected chi connectivity index (χ3v) is 4.45. The number of nitrogens with one attached hydrogen (secondary N) is 1. The van der Waals surface area contributed by atoms with Crippen LogP contribution in [0.4, 0.5) is 5.69 Å². The normalized spacial score (nSPS) is 10.8. The fraction of sp³-hybridized carbons (Fsp3) is 0.136. The number of methoxy groups -OCH3 is 1. The first-order chi connectivity index (χ1) is 13.6. The Bertz CT molecular complexity index is 1120. The lowest BCUT2D eigenvalue weighted by molar-refractivity contribution is -0.115. The number of carbonyl (C=O) groups excluding carboxylic acids is 1. The van der Waals surface area contributed by atoms with Crippen LogP contribution in [0.5, 0.6) is 5.75 Å². The maximum Gasteiger partial charge on any atom is 0.228 e. The Morgan fingerprint density at radius 2 is 1.68 bits per heavy atom. The number of benzene rings is 3. The van der Waals surface area contributed by atoms with Crippen molar-refractivity contribution >= 4 is 22.6 Å². The molecule has 4 aromatic rings. The Kier molecular flexibility index (Phi) is 4.76. The second-order valence-corrected chi connectivity index (χ2v) is 6.60. The molecule has 0 unspecified atom stereocenters. The molecule has 6 heteroatoms. The van der Waals surface area contributed by atoms with Crippen LogP contribution in [0.2, 0.25) is 0 Å². The zero-order valence-corrected chi connectivity index (χ0v) is 15.7. The molecule has 1 amide bonds. The third-order valence-electron chi connectivity index (χ3n) is 4.45. The molecule has 0 radical (unpaired) electrons. The van der Waals surface area contributed by atoms with E-state index in [9.17, 15) is 4.79 Å². The van der Waals surface area contributed by atoms with Crippen LogP contribution in [-0.4, -0.2) is 28.0 Å². The zero-order chi connectivity index (χ0) is 19.5. The summed E-state index contributed by atoms with van der Waals surface area (Å²) >= 11 is 0. The van der Waals surface area contributed by atoms with Gasteiger partial charge in [-0.25, -0.2) is 0 Å². The summed E-state index contributed by atoms with van der Waals surface area (Å²) in [5, 5.41) is 11.9. The van der Waals surface area contributed by atoms with Gasteiger partial charge in [0.2, 0.25) is 5.91 Å². The van der Waals surface area contributed by atoms with E-state index in [-0.39, 0.29) is 5.91 Å². The number of fused-ring (bicyclic) bond motifs is 1. The van der Waals surface area contributed by atoms with Crippen LogP contribution in [0, 0.1) is 6.92 Å². The molecule has 28 heavy (non-hydrogen) atoms. The van der Waals surface area contributed by atoms with Crippen molar-refractivity contribution < 1.29 is 9.53 Å². The molecule has 4 rings (SSSR count). The van der Waals surface area contributed by atoms with Gasteiger partial charge in [0.25, 0.3) is 0 Å². The molecule has 0 saturated heterocycles. The minimum Gasteiger partial charge on any atom is -0.497 e. The van der Waals surface area contributed by atoms with Crippen LogP contribution < -0.4 is 10.1 Å². The molecule has 1 N–H and O–H groups in total. The highest BCUT2D eigenvalue weighted by Crippen LogP contribution is 2.19. The molecule has 0 saturated carbocycles. The van der Waals surface area contributed by atoms with Crippen molar-refractivity contribution in [3.05, 3.63) is 77.9 Å². The summed E-state index contributed by atoms with van der Waals surface area (Å²) in [4.78, 5) is 13.9. The van der Waals surface area contributed by atoms with E-state index in [0.29, 0.717) is 17.6 Å². The van der Waals surface area contributed by atoms with Gasteiger partial charge in [-0.1, -0.05) is 29.8 Å². The van der Waals surface area contributed by atoms with Crippen molar-refractivity contribution in [2.45, 2.75) is 13.3 Å². The van der Waals surface area contributed by atoms with E-state index in [1.807, 2.05) is 73.7 Å². The largest absolute Gasteiger partial charge is 0.497 e. The van der Waals surface area contributed by atoms with Gasteiger partial charge in [-0.15, -0.1) is 10.2 Å². The summed E-state index contributed by atoms with van der Waals surface area (Å²) in [5.41, 5.74) is 5.16. The van der Waals surface area contributed by atoms with Crippen LogP contribution in [0.25, 0.3) is 16.7 Å². The number of amides is 1.